The van der Waals surface area contributed by atoms with Crippen LogP contribution in [-0.2, 0) is 9.53 Å². The van der Waals surface area contributed by atoms with Crippen molar-refractivity contribution in [3.05, 3.63) is 12.2 Å². The number of rotatable bonds is 11. The number of carboxylic acids is 1. The van der Waals surface area contributed by atoms with Crippen LogP contribution in [0.1, 0.15) is 64.7 Å². The Hall–Kier alpha value is -0.910. The summed E-state index contributed by atoms with van der Waals surface area (Å²) in [5, 5.41) is 29.1. The van der Waals surface area contributed by atoms with E-state index < -0.39 is 12.1 Å². The lowest BCUT2D eigenvalue weighted by atomic mass is 9.90. The fourth-order valence-corrected chi connectivity index (χ4v) is 4.44. The molecule has 2 aliphatic rings. The fourth-order valence-electron chi connectivity index (χ4n) is 4.44. The normalized spacial score (nSPS) is 33.0. The zero-order valence-corrected chi connectivity index (χ0v) is 15.3. The lowest BCUT2D eigenvalue weighted by Gasteiger charge is -2.19. The van der Waals surface area contributed by atoms with E-state index in [0.29, 0.717) is 24.9 Å². The van der Waals surface area contributed by atoms with Gasteiger partial charge in [0.15, 0.2) is 0 Å². The summed E-state index contributed by atoms with van der Waals surface area (Å²) >= 11 is 0. The highest BCUT2D eigenvalue weighted by atomic mass is 16.5. The molecule has 6 atom stereocenters. The molecule has 2 unspecified atom stereocenters. The summed E-state index contributed by atoms with van der Waals surface area (Å²) < 4.78 is 5.85. The van der Waals surface area contributed by atoms with Crippen molar-refractivity contribution in [2.75, 3.05) is 6.61 Å². The molecule has 0 heterocycles. The first-order valence-electron chi connectivity index (χ1n) is 9.89. The first-order valence-corrected chi connectivity index (χ1v) is 9.89. The Balaban J connectivity index is 1.76. The number of unbranched alkanes of at least 4 members (excludes halogenated alkanes) is 2. The molecule has 5 nitrogen and oxygen atoms in total. The predicted octanol–water partition coefficient (Wildman–Crippen LogP) is 3.14. The molecular formula is C20H34O5. The average Bonchev–Trinajstić information content (AvgIpc) is 3.06. The van der Waals surface area contributed by atoms with Crippen LogP contribution in [0, 0.1) is 17.8 Å². The molecular weight excluding hydrogens is 320 g/mol. The van der Waals surface area contributed by atoms with Gasteiger partial charge >= 0.3 is 5.97 Å². The second-order valence-electron chi connectivity index (χ2n) is 7.71. The molecule has 25 heavy (non-hydrogen) atoms. The zero-order valence-electron chi connectivity index (χ0n) is 15.3. The zero-order chi connectivity index (χ0) is 18.2. The molecule has 0 radical (unpaired) electrons. The van der Waals surface area contributed by atoms with Gasteiger partial charge in [-0.2, -0.15) is 0 Å². The predicted molar refractivity (Wildman–Crippen MR) is 96.2 cm³/mol. The van der Waals surface area contributed by atoms with Crippen LogP contribution in [0.15, 0.2) is 12.2 Å². The van der Waals surface area contributed by atoms with E-state index in [1.165, 1.54) is 0 Å². The smallest absolute Gasteiger partial charge is 0.303 e. The monoisotopic (exact) mass is 354 g/mol. The highest BCUT2D eigenvalue weighted by Gasteiger charge is 2.47. The first-order chi connectivity index (χ1) is 12.0. The number of hydrogen-bond acceptors (Lipinski definition) is 4. The van der Waals surface area contributed by atoms with Crippen LogP contribution < -0.4 is 0 Å². The lowest BCUT2D eigenvalue weighted by Crippen LogP contribution is -2.20. The maximum atomic E-state index is 10.5. The van der Waals surface area contributed by atoms with Gasteiger partial charge in [-0.3, -0.25) is 4.79 Å². The van der Waals surface area contributed by atoms with E-state index in [1.54, 1.807) is 0 Å². The Bertz CT molecular complexity index is 436. The lowest BCUT2D eigenvalue weighted by molar-refractivity contribution is -0.137. The number of ether oxygens (including phenoxy) is 1. The topological polar surface area (TPSA) is 87.0 Å². The van der Waals surface area contributed by atoms with Gasteiger partial charge in [0.05, 0.1) is 18.3 Å². The summed E-state index contributed by atoms with van der Waals surface area (Å²) in [7, 11) is 0. The molecule has 0 aromatic heterocycles. The maximum Gasteiger partial charge on any atom is 0.303 e. The highest BCUT2D eigenvalue weighted by molar-refractivity contribution is 5.66. The van der Waals surface area contributed by atoms with Gasteiger partial charge in [-0.25, -0.2) is 0 Å². The number of aliphatic carboxylic acids is 1. The van der Waals surface area contributed by atoms with Crippen LogP contribution in [0.25, 0.3) is 0 Å². The molecule has 0 aromatic rings. The van der Waals surface area contributed by atoms with Crippen molar-refractivity contribution in [1.29, 1.82) is 0 Å². The summed E-state index contributed by atoms with van der Waals surface area (Å²) in [6, 6.07) is 0. The minimum Gasteiger partial charge on any atom is -0.481 e. The second kappa shape index (κ2) is 10.3. The molecule has 0 aliphatic heterocycles. The molecule has 144 valence electrons. The maximum absolute atomic E-state index is 10.5. The summed E-state index contributed by atoms with van der Waals surface area (Å²) in [5.74, 6) is 0.223. The molecule has 2 rings (SSSR count). The average molecular weight is 354 g/mol. The highest BCUT2D eigenvalue weighted by Crippen LogP contribution is 2.49. The van der Waals surface area contributed by atoms with Crippen molar-refractivity contribution in [2.45, 2.75) is 83.0 Å². The number of fused-ring (bicyclic) bond motifs is 1. The number of aliphatic hydroxyl groups is 2. The molecule has 2 aliphatic carbocycles. The van der Waals surface area contributed by atoms with Crippen LogP contribution >= 0.6 is 0 Å². The summed E-state index contributed by atoms with van der Waals surface area (Å²) in [4.78, 5) is 10.5. The molecule has 0 spiro atoms. The summed E-state index contributed by atoms with van der Waals surface area (Å²) in [5.41, 5.74) is 0. The van der Waals surface area contributed by atoms with E-state index >= 15 is 0 Å². The minimum absolute atomic E-state index is 0.110. The van der Waals surface area contributed by atoms with E-state index in [2.05, 4.69) is 6.92 Å². The largest absolute Gasteiger partial charge is 0.481 e. The van der Waals surface area contributed by atoms with Gasteiger partial charge in [0.1, 0.15) is 0 Å². The van der Waals surface area contributed by atoms with Crippen LogP contribution in [0.2, 0.25) is 0 Å². The quantitative estimate of drug-likeness (QED) is 0.392. The van der Waals surface area contributed by atoms with Gasteiger partial charge in [-0.05, 0) is 43.9 Å². The van der Waals surface area contributed by atoms with Crippen LogP contribution in [-0.4, -0.2) is 46.2 Å². The van der Waals surface area contributed by atoms with Gasteiger partial charge in [0, 0.05) is 18.9 Å². The Morgan fingerprint density at radius 2 is 2.04 bits per heavy atom. The van der Waals surface area contributed by atoms with Gasteiger partial charge in [-0.1, -0.05) is 38.3 Å². The molecule has 0 aromatic carbocycles. The molecule has 2 saturated carbocycles. The Morgan fingerprint density at radius 3 is 2.76 bits per heavy atom. The number of hydrogen-bond donors (Lipinski definition) is 3. The van der Waals surface area contributed by atoms with Gasteiger partial charge in [0.25, 0.3) is 0 Å². The van der Waals surface area contributed by atoms with Crippen LogP contribution in [0.4, 0.5) is 0 Å². The van der Waals surface area contributed by atoms with Crippen LogP contribution in [0.3, 0.4) is 0 Å². The first kappa shape index (κ1) is 20.4. The van der Waals surface area contributed by atoms with Gasteiger partial charge in [-0.15, -0.1) is 0 Å². The van der Waals surface area contributed by atoms with Crippen molar-refractivity contribution in [3.63, 3.8) is 0 Å². The number of carbonyl (C=O) groups is 1. The van der Waals surface area contributed by atoms with E-state index in [4.69, 9.17) is 9.84 Å². The Morgan fingerprint density at radius 1 is 1.24 bits per heavy atom. The Labute approximate surface area is 151 Å². The third-order valence-corrected chi connectivity index (χ3v) is 5.74. The molecule has 2 fully saturated rings. The SMILES string of the molecule is CCCCCC(O)C=C[C@H]1[C@@H]2CC(OCCCC(=O)O)C[C@H]2C[C@@H]1O. The summed E-state index contributed by atoms with van der Waals surface area (Å²) in [6.45, 7) is 2.65. The van der Waals surface area contributed by atoms with E-state index in [-0.39, 0.29) is 24.5 Å². The molecule has 0 amide bonds. The standard InChI is InChI=1S/C20H34O5/c1-2-3-4-6-15(21)8-9-17-18-13-16(11-14(18)12-19(17)22)25-10-5-7-20(23)24/h8-9,14-19,21-22H,2-7,10-13H2,1H3,(H,23,24)/t14-,15?,16?,17-,18+,19-/m0/s1. The van der Waals surface area contributed by atoms with E-state index in [9.17, 15) is 15.0 Å². The van der Waals surface area contributed by atoms with Crippen molar-refractivity contribution < 1.29 is 24.9 Å². The van der Waals surface area contributed by atoms with Gasteiger partial charge in [0.2, 0.25) is 0 Å². The fraction of sp³-hybridized carbons (Fsp3) is 0.850. The van der Waals surface area contributed by atoms with Crippen molar-refractivity contribution >= 4 is 5.97 Å². The van der Waals surface area contributed by atoms with Crippen molar-refractivity contribution in [2.24, 2.45) is 17.8 Å². The second-order valence-corrected chi connectivity index (χ2v) is 7.71. The third-order valence-electron chi connectivity index (χ3n) is 5.74. The third kappa shape index (κ3) is 6.39. The molecule has 3 N–H and O–H groups in total. The van der Waals surface area contributed by atoms with Crippen molar-refractivity contribution in [3.8, 4) is 0 Å². The molecule has 0 saturated heterocycles. The van der Waals surface area contributed by atoms with Gasteiger partial charge < -0.3 is 20.1 Å². The molecule has 0 bridgehead atoms. The van der Waals surface area contributed by atoms with Crippen molar-refractivity contribution in [1.82, 2.24) is 0 Å². The number of aliphatic hydroxyl groups excluding tert-OH is 2. The Kier molecular flexibility index (Phi) is 8.40. The van der Waals surface area contributed by atoms with Crippen LogP contribution in [0.5, 0.6) is 0 Å². The molecule has 5 heteroatoms. The number of carboxylic acid groups (broad SMARTS) is 1. The van der Waals surface area contributed by atoms with E-state index in [1.807, 2.05) is 12.2 Å². The van der Waals surface area contributed by atoms with E-state index in [0.717, 1.165) is 44.9 Å². The minimum atomic E-state index is -0.780. The summed E-state index contributed by atoms with van der Waals surface area (Å²) in [6.07, 6.45) is 10.9.